The van der Waals surface area contributed by atoms with Crippen molar-refractivity contribution in [2.24, 2.45) is 0 Å². The molecule has 0 radical (unpaired) electrons. The molecule has 1 aliphatic rings. The first-order chi connectivity index (χ1) is 8.33. The average molecular weight is 237 g/mol. The van der Waals surface area contributed by atoms with Gasteiger partial charge in [0, 0.05) is 38.0 Å². The van der Waals surface area contributed by atoms with Crippen molar-refractivity contribution in [1.29, 1.82) is 0 Å². The van der Waals surface area contributed by atoms with Crippen molar-refractivity contribution >= 4 is 0 Å². The van der Waals surface area contributed by atoms with Crippen molar-refractivity contribution in [3.63, 3.8) is 0 Å². The van der Waals surface area contributed by atoms with Gasteiger partial charge in [0.25, 0.3) is 0 Å². The molecule has 0 spiro atoms. The van der Waals surface area contributed by atoms with Crippen LogP contribution in [-0.2, 0) is 17.7 Å². The van der Waals surface area contributed by atoms with E-state index in [-0.39, 0.29) is 0 Å². The standard InChI is InChI=1S/C13H23N3O/c1-3-16-7-6-15-13(16)10-11(14-2)9-12-5-4-8-17-12/h6-7,11-12,14H,3-5,8-10H2,1-2H3. The van der Waals surface area contributed by atoms with E-state index in [2.05, 4.69) is 21.8 Å². The fourth-order valence-corrected chi connectivity index (χ4v) is 2.49. The van der Waals surface area contributed by atoms with Gasteiger partial charge < -0.3 is 14.6 Å². The highest BCUT2D eigenvalue weighted by molar-refractivity contribution is 4.96. The molecule has 0 aliphatic carbocycles. The molecule has 2 rings (SSSR count). The lowest BCUT2D eigenvalue weighted by molar-refractivity contribution is 0.0951. The number of likely N-dealkylation sites (N-methyl/N-ethyl adjacent to an activating group) is 1. The zero-order valence-electron chi connectivity index (χ0n) is 10.9. The molecule has 17 heavy (non-hydrogen) atoms. The van der Waals surface area contributed by atoms with E-state index in [0.29, 0.717) is 12.1 Å². The molecule has 96 valence electrons. The van der Waals surface area contributed by atoms with E-state index in [1.807, 2.05) is 19.4 Å². The smallest absolute Gasteiger partial charge is 0.110 e. The molecule has 1 aromatic heterocycles. The number of nitrogens with one attached hydrogen (secondary N) is 1. The first kappa shape index (κ1) is 12.6. The highest BCUT2D eigenvalue weighted by Crippen LogP contribution is 2.18. The van der Waals surface area contributed by atoms with E-state index in [4.69, 9.17) is 4.74 Å². The monoisotopic (exact) mass is 237 g/mol. The van der Waals surface area contributed by atoms with Crippen LogP contribution in [-0.4, -0.2) is 35.4 Å². The van der Waals surface area contributed by atoms with E-state index in [1.54, 1.807) is 0 Å². The Bertz CT molecular complexity index is 331. The number of aryl methyl sites for hydroxylation is 1. The molecule has 1 aliphatic heterocycles. The van der Waals surface area contributed by atoms with Crippen molar-refractivity contribution in [1.82, 2.24) is 14.9 Å². The summed E-state index contributed by atoms with van der Waals surface area (Å²) >= 11 is 0. The van der Waals surface area contributed by atoms with E-state index in [1.165, 1.54) is 18.7 Å². The third kappa shape index (κ3) is 3.30. The summed E-state index contributed by atoms with van der Waals surface area (Å²) < 4.78 is 7.90. The molecule has 1 aromatic rings. The molecule has 0 bridgehead atoms. The SMILES string of the molecule is CCn1ccnc1CC(CC1CCCO1)NC. The molecule has 4 heteroatoms. The van der Waals surface area contributed by atoms with Crippen LogP contribution in [0.3, 0.4) is 0 Å². The molecule has 2 unspecified atom stereocenters. The number of ether oxygens (including phenoxy) is 1. The highest BCUT2D eigenvalue weighted by atomic mass is 16.5. The van der Waals surface area contributed by atoms with Gasteiger partial charge >= 0.3 is 0 Å². The van der Waals surface area contributed by atoms with E-state index in [9.17, 15) is 0 Å². The van der Waals surface area contributed by atoms with Crippen LogP contribution < -0.4 is 5.32 Å². The number of imidazole rings is 1. The van der Waals surface area contributed by atoms with Crippen molar-refractivity contribution in [3.8, 4) is 0 Å². The maximum Gasteiger partial charge on any atom is 0.110 e. The summed E-state index contributed by atoms with van der Waals surface area (Å²) in [4.78, 5) is 4.43. The lowest BCUT2D eigenvalue weighted by Crippen LogP contribution is -2.32. The predicted molar refractivity (Wildman–Crippen MR) is 68.0 cm³/mol. The van der Waals surface area contributed by atoms with Crippen molar-refractivity contribution in [2.75, 3.05) is 13.7 Å². The second-order valence-electron chi connectivity index (χ2n) is 4.69. The van der Waals surface area contributed by atoms with Crippen molar-refractivity contribution in [3.05, 3.63) is 18.2 Å². The maximum absolute atomic E-state index is 5.69. The van der Waals surface area contributed by atoms with Crippen LogP contribution in [0.5, 0.6) is 0 Å². The third-order valence-corrected chi connectivity index (χ3v) is 3.55. The third-order valence-electron chi connectivity index (χ3n) is 3.55. The van der Waals surface area contributed by atoms with Crippen LogP contribution in [0.4, 0.5) is 0 Å². The fourth-order valence-electron chi connectivity index (χ4n) is 2.49. The van der Waals surface area contributed by atoms with Crippen molar-refractivity contribution in [2.45, 2.75) is 51.3 Å². The van der Waals surface area contributed by atoms with E-state index in [0.717, 1.165) is 26.0 Å². The molecule has 0 saturated carbocycles. The molecule has 1 saturated heterocycles. The molecular weight excluding hydrogens is 214 g/mol. The Morgan fingerprint density at radius 3 is 3.18 bits per heavy atom. The zero-order chi connectivity index (χ0) is 12.1. The molecule has 1 fully saturated rings. The van der Waals surface area contributed by atoms with Gasteiger partial charge in [0.1, 0.15) is 5.82 Å². The van der Waals surface area contributed by atoms with Crippen LogP contribution in [0, 0.1) is 0 Å². The topological polar surface area (TPSA) is 39.1 Å². The number of hydrogen-bond acceptors (Lipinski definition) is 3. The maximum atomic E-state index is 5.69. The number of aromatic nitrogens is 2. The normalized spacial score (nSPS) is 21.9. The predicted octanol–water partition coefficient (Wildman–Crippen LogP) is 1.60. The van der Waals surface area contributed by atoms with Crippen LogP contribution in [0.2, 0.25) is 0 Å². The number of rotatable bonds is 6. The summed E-state index contributed by atoms with van der Waals surface area (Å²) in [5, 5.41) is 3.39. The summed E-state index contributed by atoms with van der Waals surface area (Å²) in [6, 6.07) is 0.464. The van der Waals surface area contributed by atoms with Gasteiger partial charge in [-0.05, 0) is 33.2 Å². The largest absolute Gasteiger partial charge is 0.378 e. The Morgan fingerprint density at radius 1 is 1.65 bits per heavy atom. The lowest BCUT2D eigenvalue weighted by Gasteiger charge is -2.19. The summed E-state index contributed by atoms with van der Waals surface area (Å²) in [7, 11) is 2.03. The van der Waals surface area contributed by atoms with E-state index < -0.39 is 0 Å². The summed E-state index contributed by atoms with van der Waals surface area (Å²) in [6.45, 7) is 4.08. The summed E-state index contributed by atoms with van der Waals surface area (Å²) in [5.74, 6) is 1.17. The Balaban J connectivity index is 1.90. The second-order valence-corrected chi connectivity index (χ2v) is 4.69. The Labute approximate surface area is 103 Å². The minimum Gasteiger partial charge on any atom is -0.378 e. The molecule has 2 heterocycles. The van der Waals surface area contributed by atoms with Crippen LogP contribution in [0.15, 0.2) is 12.4 Å². The first-order valence-electron chi connectivity index (χ1n) is 6.62. The van der Waals surface area contributed by atoms with Gasteiger partial charge in [0.2, 0.25) is 0 Å². The van der Waals surface area contributed by atoms with Gasteiger partial charge in [0.15, 0.2) is 0 Å². The first-order valence-corrected chi connectivity index (χ1v) is 6.62. The minimum absolute atomic E-state index is 0.442. The molecular formula is C13H23N3O. The van der Waals surface area contributed by atoms with Crippen molar-refractivity contribution < 1.29 is 4.74 Å². The molecule has 0 aromatic carbocycles. The fraction of sp³-hybridized carbons (Fsp3) is 0.769. The van der Waals surface area contributed by atoms with Crippen LogP contribution in [0.1, 0.15) is 32.0 Å². The van der Waals surface area contributed by atoms with Gasteiger partial charge in [-0.15, -0.1) is 0 Å². The van der Waals surface area contributed by atoms with Gasteiger partial charge in [-0.2, -0.15) is 0 Å². The molecule has 4 nitrogen and oxygen atoms in total. The second kappa shape index (κ2) is 6.17. The van der Waals surface area contributed by atoms with Gasteiger partial charge in [-0.1, -0.05) is 0 Å². The summed E-state index contributed by atoms with van der Waals surface area (Å²) in [6.07, 6.45) is 8.87. The summed E-state index contributed by atoms with van der Waals surface area (Å²) in [5.41, 5.74) is 0. The van der Waals surface area contributed by atoms with Gasteiger partial charge in [0.05, 0.1) is 6.10 Å². The number of hydrogen-bond donors (Lipinski definition) is 1. The Hall–Kier alpha value is -0.870. The zero-order valence-corrected chi connectivity index (χ0v) is 10.9. The Morgan fingerprint density at radius 2 is 2.53 bits per heavy atom. The molecule has 2 atom stereocenters. The lowest BCUT2D eigenvalue weighted by atomic mass is 10.0. The van der Waals surface area contributed by atoms with Crippen LogP contribution >= 0.6 is 0 Å². The Kier molecular flexibility index (Phi) is 4.57. The minimum atomic E-state index is 0.442. The van der Waals surface area contributed by atoms with Gasteiger partial charge in [-0.25, -0.2) is 4.98 Å². The van der Waals surface area contributed by atoms with E-state index >= 15 is 0 Å². The molecule has 1 N–H and O–H groups in total. The highest BCUT2D eigenvalue weighted by Gasteiger charge is 2.21. The number of nitrogens with zero attached hydrogens (tertiary/aromatic N) is 2. The quantitative estimate of drug-likeness (QED) is 0.817. The van der Waals surface area contributed by atoms with Gasteiger partial charge in [-0.3, -0.25) is 0 Å². The average Bonchev–Trinajstić information content (AvgIpc) is 2.99. The van der Waals surface area contributed by atoms with Crippen LogP contribution in [0.25, 0.3) is 0 Å². The molecule has 0 amide bonds.